The van der Waals surface area contributed by atoms with Gasteiger partial charge in [0.2, 0.25) is 5.89 Å². The summed E-state index contributed by atoms with van der Waals surface area (Å²) in [4.78, 5) is 15.6. The smallest absolute Gasteiger partial charge is 0.348 e. The van der Waals surface area contributed by atoms with Gasteiger partial charge in [-0.3, -0.25) is 0 Å². The molecule has 2 rings (SSSR count). The fraction of sp³-hybridized carbons (Fsp3) is 0.400. The number of fused-ring (bicyclic) bond motifs is 1. The summed E-state index contributed by atoms with van der Waals surface area (Å²) in [5.74, 6) is 0.803. The maximum Gasteiger partial charge on any atom is 0.348 e. The molecule has 5 nitrogen and oxygen atoms in total. The molecule has 0 saturated heterocycles. The first kappa shape index (κ1) is 9.76. The molecule has 5 heteroatoms. The highest BCUT2D eigenvalue weighted by Gasteiger charge is 2.08. The molecule has 0 radical (unpaired) electrons. The van der Waals surface area contributed by atoms with Gasteiger partial charge in [-0.05, 0) is 12.0 Å². The average Bonchev–Trinajstić information content (AvgIpc) is 2.16. The molecule has 0 atom stereocenters. The van der Waals surface area contributed by atoms with Crippen molar-refractivity contribution >= 4 is 11.0 Å². The minimum Gasteiger partial charge on any atom is -0.408 e. The van der Waals surface area contributed by atoms with Crippen molar-refractivity contribution in [2.45, 2.75) is 20.3 Å². The third-order valence-electron chi connectivity index (χ3n) is 1.95. The molecule has 0 bridgehead atoms. The van der Waals surface area contributed by atoms with Crippen LogP contribution in [0.4, 0.5) is 0 Å². The van der Waals surface area contributed by atoms with E-state index >= 15 is 0 Å². The number of hydrogen-bond acceptors (Lipinski definition) is 5. The van der Waals surface area contributed by atoms with E-state index in [-0.39, 0.29) is 0 Å². The monoisotopic (exact) mass is 205 g/mol. The molecule has 0 amide bonds. The molecule has 0 aliphatic rings. The molecule has 0 fully saturated rings. The Kier molecular flexibility index (Phi) is 2.45. The average molecular weight is 205 g/mol. The summed E-state index contributed by atoms with van der Waals surface area (Å²) < 4.78 is 5.07. The summed E-state index contributed by atoms with van der Waals surface area (Å²) >= 11 is 0. The fourth-order valence-corrected chi connectivity index (χ4v) is 1.31. The maximum absolute atomic E-state index is 11.5. The second-order valence-corrected chi connectivity index (χ2v) is 3.76. The normalized spacial score (nSPS) is 11.1. The largest absolute Gasteiger partial charge is 0.408 e. The summed E-state index contributed by atoms with van der Waals surface area (Å²) in [5.41, 5.74) is -0.0463. The lowest BCUT2D eigenvalue weighted by Crippen LogP contribution is -2.08. The molecule has 0 saturated carbocycles. The molecule has 0 spiro atoms. The molecule has 0 N–H and O–H groups in total. The van der Waals surface area contributed by atoms with Crippen LogP contribution in [-0.2, 0) is 6.42 Å². The third-order valence-corrected chi connectivity index (χ3v) is 1.95. The van der Waals surface area contributed by atoms with E-state index in [2.05, 4.69) is 15.2 Å². The van der Waals surface area contributed by atoms with Gasteiger partial charge in [-0.2, -0.15) is 10.1 Å². The first-order valence-electron chi connectivity index (χ1n) is 4.78. The van der Waals surface area contributed by atoms with Crippen molar-refractivity contribution in [1.82, 2.24) is 15.2 Å². The molecular weight excluding hydrogens is 194 g/mol. The molecule has 2 aromatic rings. The Morgan fingerprint density at radius 3 is 3.00 bits per heavy atom. The number of hydrogen-bond donors (Lipinski definition) is 0. The predicted octanol–water partition coefficient (Wildman–Crippen LogP) is 1.18. The minimum absolute atomic E-state index is 0.351. The van der Waals surface area contributed by atoms with Crippen molar-refractivity contribution in [1.29, 1.82) is 0 Å². The Labute approximate surface area is 86.2 Å². The molecular formula is C10H11N3O2. The Balaban J connectivity index is 2.57. The molecule has 0 aromatic carbocycles. The van der Waals surface area contributed by atoms with Crippen LogP contribution in [0.1, 0.15) is 19.7 Å². The minimum atomic E-state index is -0.398. The van der Waals surface area contributed by atoms with Crippen LogP contribution in [0.25, 0.3) is 11.0 Å². The molecule has 0 aliphatic heterocycles. The molecule has 15 heavy (non-hydrogen) atoms. The lowest BCUT2D eigenvalue weighted by molar-refractivity contribution is 0.416. The summed E-state index contributed by atoms with van der Waals surface area (Å²) in [7, 11) is 0. The quantitative estimate of drug-likeness (QED) is 0.736. The van der Waals surface area contributed by atoms with E-state index in [0.717, 1.165) is 0 Å². The van der Waals surface area contributed by atoms with E-state index in [1.54, 1.807) is 6.07 Å². The number of aromatic nitrogens is 3. The van der Waals surface area contributed by atoms with E-state index < -0.39 is 5.63 Å². The van der Waals surface area contributed by atoms with Gasteiger partial charge in [0.1, 0.15) is 5.39 Å². The topological polar surface area (TPSA) is 68.9 Å². The second-order valence-electron chi connectivity index (χ2n) is 3.76. The van der Waals surface area contributed by atoms with Crippen LogP contribution in [-0.4, -0.2) is 15.2 Å². The van der Waals surface area contributed by atoms with Gasteiger partial charge in [0, 0.05) is 6.42 Å². The zero-order valence-electron chi connectivity index (χ0n) is 8.60. The Bertz CT molecular complexity index is 533. The van der Waals surface area contributed by atoms with Crippen molar-refractivity contribution in [3.8, 4) is 0 Å². The van der Waals surface area contributed by atoms with E-state index in [1.807, 2.05) is 13.8 Å². The van der Waals surface area contributed by atoms with Gasteiger partial charge in [0.25, 0.3) is 0 Å². The van der Waals surface area contributed by atoms with Crippen molar-refractivity contribution in [2.75, 3.05) is 0 Å². The molecule has 0 unspecified atom stereocenters. The number of nitrogens with zero attached hydrogens (tertiary/aromatic N) is 3. The highest BCUT2D eigenvalue weighted by Crippen LogP contribution is 2.07. The van der Waals surface area contributed by atoms with Crippen LogP contribution < -0.4 is 5.63 Å². The van der Waals surface area contributed by atoms with Crippen molar-refractivity contribution in [3.63, 3.8) is 0 Å². The van der Waals surface area contributed by atoms with Gasteiger partial charge in [-0.25, -0.2) is 4.79 Å². The third kappa shape index (κ3) is 2.01. The lowest BCUT2D eigenvalue weighted by atomic mass is 10.1. The maximum atomic E-state index is 11.5. The zero-order chi connectivity index (χ0) is 10.8. The first-order chi connectivity index (χ1) is 7.16. The lowest BCUT2D eigenvalue weighted by Gasteiger charge is -2.02. The van der Waals surface area contributed by atoms with Crippen LogP contribution in [0.3, 0.4) is 0 Å². The van der Waals surface area contributed by atoms with Crippen LogP contribution in [0.2, 0.25) is 0 Å². The second kappa shape index (κ2) is 3.76. The first-order valence-corrected chi connectivity index (χ1v) is 4.78. The van der Waals surface area contributed by atoms with Crippen molar-refractivity contribution in [2.24, 2.45) is 5.92 Å². The van der Waals surface area contributed by atoms with E-state index in [9.17, 15) is 4.79 Å². The van der Waals surface area contributed by atoms with E-state index in [1.165, 1.54) is 6.20 Å². The van der Waals surface area contributed by atoms with E-state index in [0.29, 0.717) is 29.3 Å². The van der Waals surface area contributed by atoms with Gasteiger partial charge in [0.15, 0.2) is 5.65 Å². The highest BCUT2D eigenvalue weighted by atomic mass is 16.4. The summed E-state index contributed by atoms with van der Waals surface area (Å²) in [6, 6.07) is 1.56. The molecule has 2 heterocycles. The Morgan fingerprint density at radius 2 is 2.27 bits per heavy atom. The molecule has 0 aliphatic carbocycles. The van der Waals surface area contributed by atoms with Gasteiger partial charge in [-0.1, -0.05) is 13.8 Å². The molecule has 2 aromatic heterocycles. The summed E-state index contributed by atoms with van der Waals surface area (Å²) in [6.45, 7) is 4.06. The summed E-state index contributed by atoms with van der Waals surface area (Å²) in [6.07, 6.45) is 2.07. The van der Waals surface area contributed by atoms with Crippen LogP contribution >= 0.6 is 0 Å². The van der Waals surface area contributed by atoms with Crippen molar-refractivity contribution in [3.05, 3.63) is 28.6 Å². The Morgan fingerprint density at radius 1 is 1.47 bits per heavy atom. The zero-order valence-corrected chi connectivity index (χ0v) is 8.60. The standard InChI is InChI=1S/C10H11N3O2/c1-6(2)5-8-12-9-7(10(14)15-8)3-4-11-13-9/h3-4,6H,5H2,1-2H3. The van der Waals surface area contributed by atoms with Gasteiger partial charge in [-0.15, -0.1) is 5.10 Å². The van der Waals surface area contributed by atoms with Gasteiger partial charge in [0.05, 0.1) is 6.20 Å². The van der Waals surface area contributed by atoms with Crippen LogP contribution in [0.5, 0.6) is 0 Å². The summed E-state index contributed by atoms with van der Waals surface area (Å²) in [5, 5.41) is 7.84. The van der Waals surface area contributed by atoms with Gasteiger partial charge >= 0.3 is 5.63 Å². The SMILES string of the molecule is CC(C)Cc1nc2nnccc2c(=O)o1. The molecule has 78 valence electrons. The Hall–Kier alpha value is -1.78. The van der Waals surface area contributed by atoms with E-state index in [4.69, 9.17) is 4.42 Å². The predicted molar refractivity (Wildman–Crippen MR) is 54.4 cm³/mol. The van der Waals surface area contributed by atoms with Gasteiger partial charge < -0.3 is 4.42 Å². The number of rotatable bonds is 2. The fourth-order valence-electron chi connectivity index (χ4n) is 1.31. The van der Waals surface area contributed by atoms with Crippen molar-refractivity contribution < 1.29 is 4.42 Å². The van der Waals surface area contributed by atoms with Crippen LogP contribution in [0.15, 0.2) is 21.5 Å². The highest BCUT2D eigenvalue weighted by molar-refractivity contribution is 5.71. The van der Waals surface area contributed by atoms with Crippen LogP contribution in [0, 0.1) is 5.92 Å².